The van der Waals surface area contributed by atoms with Crippen LogP contribution in [0.4, 0.5) is 0 Å². The highest BCUT2D eigenvalue weighted by Crippen LogP contribution is 1.70. The highest BCUT2D eigenvalue weighted by Gasteiger charge is 1.63. The maximum absolute atomic E-state index is 9.20. The summed E-state index contributed by atoms with van der Waals surface area (Å²) in [5.74, 6) is 0. The van der Waals surface area contributed by atoms with Gasteiger partial charge in [-0.1, -0.05) is 11.6 Å². The van der Waals surface area contributed by atoms with E-state index in [9.17, 15) is 4.21 Å². The average Bonchev–Trinajstić information content (AvgIpc) is 1.41. The van der Waals surface area contributed by atoms with Crippen LogP contribution in [-0.4, -0.2) is 10.3 Å². The van der Waals surface area contributed by atoms with Crippen LogP contribution in [0.2, 0.25) is 0 Å². The van der Waals surface area contributed by atoms with E-state index in [1.165, 1.54) is 0 Å². The molecule has 32 valence electrons. The van der Waals surface area contributed by atoms with E-state index in [0.29, 0.717) is 0 Å². The van der Waals surface area contributed by atoms with Gasteiger partial charge in [-0.3, -0.25) is 4.18 Å². The summed E-state index contributed by atoms with van der Waals surface area (Å²) in [4.78, 5) is 0. The summed E-state index contributed by atoms with van der Waals surface area (Å²) in [5, 5.41) is 0. The number of alkyl halides is 1. The summed E-state index contributed by atoms with van der Waals surface area (Å²) < 4.78 is 13.2. The van der Waals surface area contributed by atoms with Gasteiger partial charge in [-0.05, 0) is 0 Å². The highest BCUT2D eigenvalue weighted by atomic mass is 35.5. The zero-order valence-corrected chi connectivity index (χ0v) is 4.00. The lowest BCUT2D eigenvalue weighted by Gasteiger charge is -1.73. The Balaban J connectivity index is 2.40. The quantitative estimate of drug-likeness (QED) is 0.406. The molecule has 0 amide bonds. The third-order valence-corrected chi connectivity index (χ3v) is 0.597. The molecule has 0 aliphatic carbocycles. The zero-order chi connectivity index (χ0) is 4.12. The van der Waals surface area contributed by atoms with Crippen molar-refractivity contribution < 1.29 is 8.39 Å². The summed E-state index contributed by atoms with van der Waals surface area (Å²) in [7, 11) is 0. The van der Waals surface area contributed by atoms with Crippen LogP contribution in [0.15, 0.2) is 0 Å². The molecule has 0 fully saturated rings. The number of hydrogen-bond donors (Lipinski definition) is 1. The fraction of sp³-hybridized carbons (Fsp3) is 1.00. The Morgan fingerprint density at radius 2 is 2.60 bits per heavy atom. The van der Waals surface area contributed by atoms with Crippen molar-refractivity contribution in [3.8, 4) is 0 Å². The van der Waals surface area contributed by atoms with Crippen LogP contribution in [-0.2, 0) is 16.1 Å². The van der Waals surface area contributed by atoms with Gasteiger partial charge in [0.1, 0.15) is 18.0 Å². The van der Waals surface area contributed by atoms with Gasteiger partial charge in [-0.2, -0.15) is 0 Å². The number of rotatable bonds is 2. The lowest BCUT2D eigenvalue weighted by Crippen LogP contribution is -1.72. The lowest BCUT2D eigenvalue weighted by atomic mass is 11.7. The molecule has 0 saturated heterocycles. The second kappa shape index (κ2) is 4.40. The fourth-order valence-electron chi connectivity index (χ4n) is 0.0199. The molecule has 0 radical (unpaired) electrons. The normalized spacial score (nSPS) is 8.20. The third-order valence-electron chi connectivity index (χ3n) is 0.101. The Kier molecular flexibility index (Phi) is 4.75. The second-order valence-electron chi connectivity index (χ2n) is 0.313. The zero-order valence-electron chi connectivity index (χ0n) is 2.35. The van der Waals surface area contributed by atoms with Gasteiger partial charge in [0.05, 0.1) is 0 Å². The molecule has 5 heavy (non-hydrogen) atoms. The molecule has 0 rings (SSSR count). The summed E-state index contributed by atoms with van der Waals surface area (Å²) in [6, 6.07) is -0.00887. The second-order valence-corrected chi connectivity index (χ2v) is 0.938. The van der Waals surface area contributed by atoms with Gasteiger partial charge in [-0.15, -0.1) is 0 Å². The van der Waals surface area contributed by atoms with E-state index in [1.54, 1.807) is 0 Å². The van der Waals surface area contributed by atoms with E-state index < -0.39 is 0 Å². The molecule has 2 nitrogen and oxygen atoms in total. The molecule has 0 N–H and O–H groups in total. The molecule has 0 aliphatic heterocycles. The average molecular weight is 115 g/mol. The summed E-state index contributed by atoms with van der Waals surface area (Å²) >= 11 is 4.52. The molecule has 0 saturated carbocycles. The summed E-state index contributed by atoms with van der Waals surface area (Å²) in [5.41, 5.74) is 0. The van der Waals surface area contributed by atoms with Crippen molar-refractivity contribution in [2.45, 2.75) is 0 Å². The minimum absolute atomic E-state index is 0.00887. The van der Waals surface area contributed by atoms with Crippen molar-refractivity contribution in [1.82, 2.24) is 0 Å². The molecule has 0 atom stereocenters. The standard InChI is InChI=1S/CH3ClO2S/c2-1-4-5-3/h5H,1H2. The van der Waals surface area contributed by atoms with Crippen molar-refractivity contribution in [1.29, 1.82) is 0 Å². The van der Waals surface area contributed by atoms with E-state index in [1.807, 2.05) is 0 Å². The number of hydrogen-bond acceptors (Lipinski definition) is 2. The molecule has 0 aromatic heterocycles. The monoisotopic (exact) mass is 114 g/mol. The van der Waals surface area contributed by atoms with Crippen LogP contribution in [0.25, 0.3) is 0 Å². The van der Waals surface area contributed by atoms with Gasteiger partial charge in [-0.25, -0.2) is 4.21 Å². The Morgan fingerprint density at radius 1 is 2.00 bits per heavy atom. The SMILES string of the molecule is O=[SH]OCCl. The smallest absolute Gasteiger partial charge is 0.143 e. The Labute approximate surface area is 38.8 Å². The van der Waals surface area contributed by atoms with Gasteiger partial charge < -0.3 is 0 Å². The summed E-state index contributed by atoms with van der Waals surface area (Å²) in [6.45, 7) is 0. The third kappa shape index (κ3) is 4.40. The number of halogens is 1. The van der Waals surface area contributed by atoms with Crippen LogP contribution in [0.5, 0.6) is 0 Å². The predicted molar refractivity (Wildman–Crippen MR) is 21.3 cm³/mol. The lowest BCUT2D eigenvalue weighted by molar-refractivity contribution is 0.434. The van der Waals surface area contributed by atoms with Gasteiger partial charge in [0.25, 0.3) is 0 Å². The molecular weight excluding hydrogens is 112 g/mol. The van der Waals surface area contributed by atoms with Crippen LogP contribution < -0.4 is 0 Å². The topological polar surface area (TPSA) is 26.3 Å². The van der Waals surface area contributed by atoms with E-state index in [4.69, 9.17) is 11.6 Å². The molecule has 0 spiro atoms. The van der Waals surface area contributed by atoms with Crippen molar-refractivity contribution in [2.75, 3.05) is 6.07 Å². The van der Waals surface area contributed by atoms with E-state index in [0.717, 1.165) is 0 Å². The van der Waals surface area contributed by atoms with Crippen molar-refractivity contribution in [3.63, 3.8) is 0 Å². The molecule has 4 heteroatoms. The first kappa shape index (κ1) is 5.40. The molecule has 0 aromatic rings. The van der Waals surface area contributed by atoms with Gasteiger partial charge in [0.15, 0.2) is 0 Å². The van der Waals surface area contributed by atoms with Crippen LogP contribution in [0.1, 0.15) is 0 Å². The molecular formula is CH3ClO2S. The first-order chi connectivity index (χ1) is 2.41. The molecule has 0 bridgehead atoms. The Bertz CT molecular complexity index is 30.8. The van der Waals surface area contributed by atoms with Crippen molar-refractivity contribution >= 4 is 23.5 Å². The fourth-order valence-corrected chi connectivity index (χ4v) is 0.179. The minimum atomic E-state index is -0.352. The van der Waals surface area contributed by atoms with Crippen LogP contribution in [0.3, 0.4) is 0 Å². The van der Waals surface area contributed by atoms with E-state index in [2.05, 4.69) is 4.18 Å². The molecule has 0 unspecified atom stereocenters. The Morgan fingerprint density at radius 3 is 2.60 bits per heavy atom. The van der Waals surface area contributed by atoms with Crippen LogP contribution >= 0.6 is 11.6 Å². The maximum Gasteiger partial charge on any atom is 0.143 e. The molecule has 0 aliphatic rings. The van der Waals surface area contributed by atoms with Gasteiger partial charge in [0.2, 0.25) is 0 Å². The van der Waals surface area contributed by atoms with Crippen LogP contribution in [0, 0.1) is 0 Å². The maximum atomic E-state index is 9.20. The predicted octanol–water partition coefficient (Wildman–Crippen LogP) is 0.0596. The van der Waals surface area contributed by atoms with E-state index >= 15 is 0 Å². The Hall–Kier alpha value is 0.400. The minimum Gasteiger partial charge on any atom is -0.277 e. The first-order valence-corrected chi connectivity index (χ1v) is 2.19. The van der Waals surface area contributed by atoms with Crippen molar-refractivity contribution in [2.24, 2.45) is 0 Å². The first-order valence-electron chi connectivity index (χ1n) is 0.921. The molecule has 0 aromatic carbocycles. The number of thiol groups is 1. The largest absolute Gasteiger partial charge is 0.277 e. The van der Waals surface area contributed by atoms with E-state index in [-0.39, 0.29) is 18.0 Å². The van der Waals surface area contributed by atoms with Gasteiger partial charge >= 0.3 is 0 Å². The summed E-state index contributed by atoms with van der Waals surface area (Å²) in [6.07, 6.45) is 0. The highest BCUT2D eigenvalue weighted by molar-refractivity contribution is 7.60. The van der Waals surface area contributed by atoms with Gasteiger partial charge in [0, 0.05) is 0 Å². The molecule has 0 heterocycles. The van der Waals surface area contributed by atoms with Crippen molar-refractivity contribution in [3.05, 3.63) is 0 Å².